The number of hydrogen-bond donors (Lipinski definition) is 0. The molecule has 0 aliphatic heterocycles. The van der Waals surface area contributed by atoms with E-state index in [2.05, 4.69) is 109 Å². The molecule has 0 bridgehead atoms. The third-order valence-electron chi connectivity index (χ3n) is 4.31. The molecule has 0 amide bonds. The lowest BCUT2D eigenvalue weighted by molar-refractivity contribution is 1.50. The molecule has 38 heavy (non-hydrogen) atoms. The van der Waals surface area contributed by atoms with E-state index in [0.717, 1.165) is 0 Å². The van der Waals surface area contributed by atoms with E-state index < -0.39 is 0 Å². The van der Waals surface area contributed by atoms with Gasteiger partial charge in [-0.1, -0.05) is 206 Å². The molecule has 0 heterocycles. The molecule has 0 N–H and O–H groups in total. The molecule has 0 radical (unpaired) electrons. The second-order valence-electron chi connectivity index (χ2n) is 5.85. The predicted octanol–water partition coefficient (Wildman–Crippen LogP) is 14.0. The van der Waals surface area contributed by atoms with Gasteiger partial charge in [-0.05, 0) is 32.3 Å². The standard InChI is InChI=1S/C14H10.C10H8.7C2H6/c1-3-7-13-11(5-1)9-10-12-6-2-4-8-14(12)13;1-2-6-10-8-4-3-7-9(10)5-1;7*1-2/h1-10H;1-8H;7*1-2H3. The maximum atomic E-state index is 2.18. The van der Waals surface area contributed by atoms with Crippen LogP contribution in [0, 0.1) is 0 Å². The third kappa shape index (κ3) is 15.9. The highest BCUT2D eigenvalue weighted by atomic mass is 14.0. The van der Waals surface area contributed by atoms with E-state index in [9.17, 15) is 0 Å². The molecule has 5 aromatic rings. The average Bonchev–Trinajstić information content (AvgIpc) is 3.08. The number of fused-ring (bicyclic) bond motifs is 4. The van der Waals surface area contributed by atoms with Crippen molar-refractivity contribution in [1.29, 1.82) is 0 Å². The monoisotopic (exact) mass is 516 g/mol. The molecule has 0 nitrogen and oxygen atoms in total. The highest BCUT2D eigenvalue weighted by Gasteiger charge is 1.97. The Bertz CT molecular complexity index is 986. The van der Waals surface area contributed by atoms with Crippen LogP contribution >= 0.6 is 0 Å². The summed E-state index contributed by atoms with van der Waals surface area (Å²) in [5.41, 5.74) is 0. The predicted molar refractivity (Wildman–Crippen MR) is 185 cm³/mol. The summed E-state index contributed by atoms with van der Waals surface area (Å²) in [7, 11) is 0. The maximum Gasteiger partial charge on any atom is -0.0105 e. The summed E-state index contributed by atoms with van der Waals surface area (Å²) in [5, 5.41) is 7.92. The largest absolute Gasteiger partial charge is 0.0683 e. The van der Waals surface area contributed by atoms with Crippen LogP contribution in [0.5, 0.6) is 0 Å². The van der Waals surface area contributed by atoms with Crippen LogP contribution in [0.25, 0.3) is 32.3 Å². The van der Waals surface area contributed by atoms with Crippen molar-refractivity contribution in [3.63, 3.8) is 0 Å². The molecular weight excluding hydrogens is 456 g/mol. The van der Waals surface area contributed by atoms with Crippen molar-refractivity contribution >= 4 is 32.3 Å². The normalized spacial score (nSPS) is 7.74. The van der Waals surface area contributed by atoms with Crippen LogP contribution in [0.1, 0.15) is 96.9 Å². The molecule has 0 heteroatoms. The molecule has 0 aliphatic carbocycles. The van der Waals surface area contributed by atoms with Crippen LogP contribution in [-0.2, 0) is 0 Å². The molecular formula is C38H60. The summed E-state index contributed by atoms with van der Waals surface area (Å²) in [6.07, 6.45) is 0. The number of benzene rings is 5. The number of hydrogen-bond acceptors (Lipinski definition) is 0. The third-order valence-corrected chi connectivity index (χ3v) is 4.31. The zero-order valence-electron chi connectivity index (χ0n) is 27.4. The quantitative estimate of drug-likeness (QED) is 0.179. The van der Waals surface area contributed by atoms with Crippen molar-refractivity contribution in [3.05, 3.63) is 109 Å². The Morgan fingerprint density at radius 1 is 0.211 bits per heavy atom. The van der Waals surface area contributed by atoms with Crippen LogP contribution < -0.4 is 0 Å². The first-order chi connectivity index (χ1) is 18.9. The lowest BCUT2D eigenvalue weighted by Crippen LogP contribution is -1.75. The van der Waals surface area contributed by atoms with Crippen molar-refractivity contribution < 1.29 is 0 Å². The van der Waals surface area contributed by atoms with Gasteiger partial charge in [-0.25, -0.2) is 0 Å². The molecule has 0 aliphatic rings. The Hall–Kier alpha value is -3.12. The minimum Gasteiger partial charge on any atom is -0.0683 e. The maximum absolute atomic E-state index is 2.18. The fraction of sp³-hybridized carbons (Fsp3) is 0.368. The van der Waals surface area contributed by atoms with Gasteiger partial charge < -0.3 is 0 Å². The van der Waals surface area contributed by atoms with Gasteiger partial charge in [0.1, 0.15) is 0 Å². The fourth-order valence-corrected chi connectivity index (χ4v) is 3.09. The van der Waals surface area contributed by atoms with Crippen molar-refractivity contribution in [2.24, 2.45) is 0 Å². The summed E-state index contributed by atoms with van der Waals surface area (Å²) < 4.78 is 0. The summed E-state index contributed by atoms with van der Waals surface area (Å²) in [4.78, 5) is 0. The van der Waals surface area contributed by atoms with Gasteiger partial charge in [0, 0.05) is 0 Å². The first-order valence-corrected chi connectivity index (χ1v) is 15.2. The second-order valence-corrected chi connectivity index (χ2v) is 5.85. The Kier molecular flexibility index (Phi) is 37.4. The number of rotatable bonds is 0. The van der Waals surface area contributed by atoms with Crippen molar-refractivity contribution in [1.82, 2.24) is 0 Å². The van der Waals surface area contributed by atoms with Crippen LogP contribution in [0.2, 0.25) is 0 Å². The minimum atomic E-state index is 1.31. The molecule has 0 saturated carbocycles. The van der Waals surface area contributed by atoms with Gasteiger partial charge >= 0.3 is 0 Å². The minimum absolute atomic E-state index is 1.31. The molecule has 0 saturated heterocycles. The lowest BCUT2D eigenvalue weighted by atomic mass is 10.0. The Morgan fingerprint density at radius 3 is 0.632 bits per heavy atom. The van der Waals surface area contributed by atoms with Crippen LogP contribution in [-0.4, -0.2) is 0 Å². The summed E-state index contributed by atoms with van der Waals surface area (Å²) >= 11 is 0. The van der Waals surface area contributed by atoms with E-state index in [1.54, 1.807) is 0 Å². The van der Waals surface area contributed by atoms with E-state index in [-0.39, 0.29) is 0 Å². The van der Waals surface area contributed by atoms with E-state index in [4.69, 9.17) is 0 Å². The summed E-state index contributed by atoms with van der Waals surface area (Å²) in [6.45, 7) is 28.0. The van der Waals surface area contributed by atoms with E-state index in [1.165, 1.54) is 32.3 Å². The van der Waals surface area contributed by atoms with Crippen LogP contribution in [0.4, 0.5) is 0 Å². The molecule has 212 valence electrons. The van der Waals surface area contributed by atoms with E-state index in [1.807, 2.05) is 96.9 Å². The first-order valence-electron chi connectivity index (χ1n) is 15.2. The van der Waals surface area contributed by atoms with Crippen molar-refractivity contribution in [2.75, 3.05) is 0 Å². The average molecular weight is 517 g/mol. The zero-order chi connectivity index (χ0) is 30.2. The SMILES string of the molecule is CC.CC.CC.CC.CC.CC.CC.c1ccc2c(c1)ccc1ccccc12.c1ccc2ccccc2c1. The smallest absolute Gasteiger partial charge is 0.0105 e. The highest BCUT2D eigenvalue weighted by molar-refractivity contribution is 6.07. The summed E-state index contributed by atoms with van der Waals surface area (Å²) in [5.74, 6) is 0. The molecule has 0 aromatic heterocycles. The van der Waals surface area contributed by atoms with Gasteiger partial charge in [0.05, 0.1) is 0 Å². The van der Waals surface area contributed by atoms with Gasteiger partial charge in [-0.15, -0.1) is 0 Å². The van der Waals surface area contributed by atoms with Gasteiger partial charge in [0.2, 0.25) is 0 Å². The van der Waals surface area contributed by atoms with E-state index >= 15 is 0 Å². The van der Waals surface area contributed by atoms with Gasteiger partial charge in [0.15, 0.2) is 0 Å². The second kappa shape index (κ2) is 33.9. The molecule has 0 unspecified atom stereocenters. The molecule has 0 spiro atoms. The van der Waals surface area contributed by atoms with Gasteiger partial charge in [0.25, 0.3) is 0 Å². The Balaban J connectivity index is -0.000000213. The lowest BCUT2D eigenvalue weighted by Gasteiger charge is -2.02. The highest BCUT2D eigenvalue weighted by Crippen LogP contribution is 2.24. The first kappa shape index (κ1) is 42.0. The van der Waals surface area contributed by atoms with Gasteiger partial charge in [-0.3, -0.25) is 0 Å². The van der Waals surface area contributed by atoms with Crippen molar-refractivity contribution in [2.45, 2.75) is 96.9 Å². The molecule has 5 rings (SSSR count). The topological polar surface area (TPSA) is 0 Å². The van der Waals surface area contributed by atoms with Gasteiger partial charge in [-0.2, -0.15) is 0 Å². The molecule has 0 fully saturated rings. The fourth-order valence-electron chi connectivity index (χ4n) is 3.09. The Labute approximate surface area is 238 Å². The van der Waals surface area contributed by atoms with Crippen LogP contribution in [0.3, 0.4) is 0 Å². The van der Waals surface area contributed by atoms with E-state index in [0.29, 0.717) is 0 Å². The van der Waals surface area contributed by atoms with Crippen LogP contribution in [0.15, 0.2) is 109 Å². The summed E-state index contributed by atoms with van der Waals surface area (Å²) in [6, 6.07) is 38.1. The molecule has 5 aromatic carbocycles. The molecule has 0 atom stereocenters. The Morgan fingerprint density at radius 2 is 0.395 bits per heavy atom. The van der Waals surface area contributed by atoms with Crippen molar-refractivity contribution in [3.8, 4) is 0 Å². The zero-order valence-corrected chi connectivity index (χ0v) is 27.4.